The molecule has 19 heavy (non-hydrogen) atoms. The standard InChI is InChI=1S/C13H20O5S/c1-11-4-6-13(7-5-11)19(14,15)18-12(2)10-17-9-8-16-3/h4-7,12H,8-10H2,1-3H3. The van der Waals surface area contributed by atoms with Crippen molar-refractivity contribution in [2.45, 2.75) is 24.8 Å². The van der Waals surface area contributed by atoms with Crippen LogP contribution in [0.4, 0.5) is 0 Å². The van der Waals surface area contributed by atoms with E-state index in [-0.39, 0.29) is 11.5 Å². The van der Waals surface area contributed by atoms with Crippen molar-refractivity contribution in [3.8, 4) is 0 Å². The van der Waals surface area contributed by atoms with Gasteiger partial charge in [0, 0.05) is 7.11 Å². The molecule has 1 unspecified atom stereocenters. The van der Waals surface area contributed by atoms with Crippen LogP contribution in [0.5, 0.6) is 0 Å². The molecule has 0 amide bonds. The Morgan fingerprint density at radius 3 is 2.37 bits per heavy atom. The fraction of sp³-hybridized carbons (Fsp3) is 0.538. The number of benzene rings is 1. The minimum absolute atomic E-state index is 0.154. The molecule has 1 rings (SSSR count). The molecule has 0 radical (unpaired) electrons. The van der Waals surface area contributed by atoms with Gasteiger partial charge in [0.2, 0.25) is 0 Å². The van der Waals surface area contributed by atoms with Gasteiger partial charge < -0.3 is 9.47 Å². The highest BCUT2D eigenvalue weighted by atomic mass is 32.2. The van der Waals surface area contributed by atoms with Crippen LogP contribution in [0.3, 0.4) is 0 Å². The van der Waals surface area contributed by atoms with Gasteiger partial charge in [-0.3, -0.25) is 4.18 Å². The van der Waals surface area contributed by atoms with E-state index in [1.165, 1.54) is 12.1 Å². The molecule has 6 heteroatoms. The minimum atomic E-state index is -3.73. The smallest absolute Gasteiger partial charge is 0.297 e. The molecular formula is C13H20O5S. The van der Waals surface area contributed by atoms with Crippen LogP contribution in [0, 0.1) is 6.92 Å². The van der Waals surface area contributed by atoms with Gasteiger partial charge in [0.1, 0.15) is 0 Å². The minimum Gasteiger partial charge on any atom is -0.382 e. The van der Waals surface area contributed by atoms with Crippen molar-refractivity contribution in [1.82, 2.24) is 0 Å². The van der Waals surface area contributed by atoms with Gasteiger partial charge in [-0.1, -0.05) is 17.7 Å². The van der Waals surface area contributed by atoms with Gasteiger partial charge in [-0.2, -0.15) is 8.42 Å². The maximum atomic E-state index is 11.9. The molecule has 108 valence electrons. The Kier molecular flexibility index (Phi) is 6.44. The Balaban J connectivity index is 2.52. The highest BCUT2D eigenvalue weighted by Crippen LogP contribution is 2.15. The van der Waals surface area contributed by atoms with Gasteiger partial charge in [-0.05, 0) is 26.0 Å². The summed E-state index contributed by atoms with van der Waals surface area (Å²) in [5.74, 6) is 0. The first-order valence-electron chi connectivity index (χ1n) is 6.02. The largest absolute Gasteiger partial charge is 0.382 e. The molecule has 0 aliphatic rings. The van der Waals surface area contributed by atoms with E-state index in [1.807, 2.05) is 6.92 Å². The first-order chi connectivity index (χ1) is 8.95. The summed E-state index contributed by atoms with van der Waals surface area (Å²) in [6.45, 7) is 4.63. The first-order valence-corrected chi connectivity index (χ1v) is 7.43. The predicted octanol–water partition coefficient (Wildman–Crippen LogP) is 1.75. The van der Waals surface area contributed by atoms with E-state index >= 15 is 0 Å². The summed E-state index contributed by atoms with van der Waals surface area (Å²) in [7, 11) is -2.16. The van der Waals surface area contributed by atoms with E-state index in [4.69, 9.17) is 13.7 Å². The molecule has 0 fully saturated rings. The van der Waals surface area contributed by atoms with Crippen LogP contribution in [0.1, 0.15) is 12.5 Å². The Hall–Kier alpha value is -0.950. The van der Waals surface area contributed by atoms with Crippen molar-refractivity contribution in [1.29, 1.82) is 0 Å². The predicted molar refractivity (Wildman–Crippen MR) is 71.6 cm³/mol. The molecular weight excluding hydrogens is 268 g/mol. The Bertz CT molecular complexity index is 466. The molecule has 0 spiro atoms. The Morgan fingerprint density at radius 2 is 1.79 bits per heavy atom. The molecule has 0 bridgehead atoms. The molecule has 5 nitrogen and oxygen atoms in total. The van der Waals surface area contributed by atoms with Crippen LogP contribution in [0.2, 0.25) is 0 Å². The van der Waals surface area contributed by atoms with Crippen molar-refractivity contribution in [2.24, 2.45) is 0 Å². The SMILES string of the molecule is COCCOCC(C)OS(=O)(=O)c1ccc(C)cc1. The lowest BCUT2D eigenvalue weighted by Crippen LogP contribution is -2.21. The topological polar surface area (TPSA) is 61.8 Å². The molecule has 0 aliphatic carbocycles. The molecule has 0 saturated carbocycles. The van der Waals surface area contributed by atoms with Crippen LogP contribution in [0.25, 0.3) is 0 Å². The highest BCUT2D eigenvalue weighted by Gasteiger charge is 2.18. The van der Waals surface area contributed by atoms with Gasteiger partial charge in [0.25, 0.3) is 10.1 Å². The van der Waals surface area contributed by atoms with Crippen molar-refractivity contribution in [3.63, 3.8) is 0 Å². The zero-order valence-electron chi connectivity index (χ0n) is 11.5. The fourth-order valence-electron chi connectivity index (χ4n) is 1.40. The molecule has 1 aromatic rings. The number of hydrogen-bond donors (Lipinski definition) is 0. The zero-order chi connectivity index (χ0) is 14.3. The fourth-order valence-corrected chi connectivity index (χ4v) is 2.46. The maximum absolute atomic E-state index is 11.9. The monoisotopic (exact) mass is 288 g/mol. The van der Waals surface area contributed by atoms with E-state index in [0.29, 0.717) is 13.2 Å². The van der Waals surface area contributed by atoms with Gasteiger partial charge in [-0.25, -0.2) is 0 Å². The molecule has 0 saturated heterocycles. The van der Waals surface area contributed by atoms with Gasteiger partial charge in [0.15, 0.2) is 0 Å². The van der Waals surface area contributed by atoms with Crippen LogP contribution in [-0.4, -0.2) is 41.5 Å². The first kappa shape index (κ1) is 16.1. The summed E-state index contributed by atoms with van der Waals surface area (Å²) in [5, 5.41) is 0. The molecule has 0 N–H and O–H groups in total. The van der Waals surface area contributed by atoms with E-state index in [2.05, 4.69) is 0 Å². The lowest BCUT2D eigenvalue weighted by Gasteiger charge is -2.13. The van der Waals surface area contributed by atoms with Gasteiger partial charge in [-0.15, -0.1) is 0 Å². The summed E-state index contributed by atoms with van der Waals surface area (Å²) in [6, 6.07) is 6.53. The summed E-state index contributed by atoms with van der Waals surface area (Å²) < 4.78 is 39.0. The lowest BCUT2D eigenvalue weighted by molar-refractivity contribution is 0.0305. The maximum Gasteiger partial charge on any atom is 0.297 e. The zero-order valence-corrected chi connectivity index (χ0v) is 12.3. The summed E-state index contributed by atoms with van der Waals surface area (Å²) >= 11 is 0. The molecule has 0 aromatic heterocycles. The molecule has 1 aromatic carbocycles. The van der Waals surface area contributed by atoms with E-state index in [0.717, 1.165) is 5.56 Å². The van der Waals surface area contributed by atoms with E-state index in [9.17, 15) is 8.42 Å². The number of hydrogen-bond acceptors (Lipinski definition) is 5. The molecule has 0 heterocycles. The van der Waals surface area contributed by atoms with Crippen LogP contribution < -0.4 is 0 Å². The number of rotatable bonds is 8. The summed E-state index contributed by atoms with van der Waals surface area (Å²) in [4.78, 5) is 0.154. The average Bonchev–Trinajstić information content (AvgIpc) is 2.34. The third-order valence-electron chi connectivity index (χ3n) is 2.38. The average molecular weight is 288 g/mol. The highest BCUT2D eigenvalue weighted by molar-refractivity contribution is 7.86. The Morgan fingerprint density at radius 1 is 1.16 bits per heavy atom. The van der Waals surface area contributed by atoms with E-state index in [1.54, 1.807) is 26.2 Å². The third kappa shape index (κ3) is 5.69. The van der Waals surface area contributed by atoms with Crippen molar-refractivity contribution < 1.29 is 22.1 Å². The lowest BCUT2D eigenvalue weighted by atomic mass is 10.2. The molecule has 1 atom stereocenters. The van der Waals surface area contributed by atoms with Gasteiger partial charge in [0.05, 0.1) is 30.8 Å². The number of methoxy groups -OCH3 is 1. The number of aryl methyl sites for hydroxylation is 1. The number of ether oxygens (including phenoxy) is 2. The second-order valence-corrected chi connectivity index (χ2v) is 5.81. The van der Waals surface area contributed by atoms with E-state index < -0.39 is 16.2 Å². The van der Waals surface area contributed by atoms with Crippen molar-refractivity contribution in [3.05, 3.63) is 29.8 Å². The second-order valence-electron chi connectivity index (χ2n) is 4.24. The van der Waals surface area contributed by atoms with Crippen molar-refractivity contribution in [2.75, 3.05) is 26.9 Å². The third-order valence-corrected chi connectivity index (χ3v) is 3.82. The summed E-state index contributed by atoms with van der Waals surface area (Å²) in [6.07, 6.45) is -0.539. The molecule has 0 aliphatic heterocycles. The van der Waals surface area contributed by atoms with Crippen LogP contribution >= 0.6 is 0 Å². The van der Waals surface area contributed by atoms with Gasteiger partial charge >= 0.3 is 0 Å². The second kappa shape index (κ2) is 7.59. The van der Waals surface area contributed by atoms with Crippen LogP contribution in [0.15, 0.2) is 29.2 Å². The Labute approximate surface area is 114 Å². The summed E-state index contributed by atoms with van der Waals surface area (Å²) in [5.41, 5.74) is 0.995. The van der Waals surface area contributed by atoms with Crippen molar-refractivity contribution >= 4 is 10.1 Å². The van der Waals surface area contributed by atoms with Crippen LogP contribution in [-0.2, 0) is 23.8 Å². The normalized spacial score (nSPS) is 13.4. The quantitative estimate of drug-likeness (QED) is 0.539.